The molecule has 0 saturated heterocycles. The second-order valence-electron chi connectivity index (χ2n) is 4.68. The molecule has 0 saturated carbocycles. The van der Waals surface area contributed by atoms with Crippen molar-refractivity contribution in [1.29, 1.82) is 5.26 Å². The minimum atomic E-state index is -0.980. The van der Waals surface area contributed by atoms with Gasteiger partial charge < -0.3 is 10.4 Å². The van der Waals surface area contributed by atoms with E-state index in [4.69, 9.17) is 10.4 Å². The highest BCUT2D eigenvalue weighted by molar-refractivity contribution is 5.92. The number of carbonyl (C=O) groups excluding carboxylic acids is 1. The summed E-state index contributed by atoms with van der Waals surface area (Å²) in [5.41, 5.74) is 1.07. The number of nitriles is 1. The second-order valence-corrected chi connectivity index (χ2v) is 4.68. The number of carboxylic acids is 1. The van der Waals surface area contributed by atoms with E-state index in [0.717, 1.165) is 0 Å². The van der Waals surface area contributed by atoms with Crippen LogP contribution >= 0.6 is 0 Å². The summed E-state index contributed by atoms with van der Waals surface area (Å²) in [5, 5.41) is 23.0. The van der Waals surface area contributed by atoms with Crippen molar-refractivity contribution >= 4 is 17.6 Å². The topological polar surface area (TPSA) is 102 Å². The van der Waals surface area contributed by atoms with Crippen LogP contribution in [-0.2, 0) is 9.59 Å². The third-order valence-electron chi connectivity index (χ3n) is 2.71. The van der Waals surface area contributed by atoms with Crippen molar-refractivity contribution in [2.75, 3.05) is 11.9 Å². The number of aliphatic carboxylic acids is 1. The second kappa shape index (κ2) is 7.26. The highest BCUT2D eigenvalue weighted by Crippen LogP contribution is 2.08. The normalized spacial score (nSPS) is 11.7. The third-order valence-corrected chi connectivity index (χ3v) is 2.71. The summed E-state index contributed by atoms with van der Waals surface area (Å²) in [6.45, 7) is 3.45. The van der Waals surface area contributed by atoms with Crippen LogP contribution in [0.4, 0.5) is 5.69 Å². The van der Waals surface area contributed by atoms with Crippen LogP contribution < -0.4 is 10.6 Å². The van der Waals surface area contributed by atoms with Crippen molar-refractivity contribution in [3.63, 3.8) is 0 Å². The summed E-state index contributed by atoms with van der Waals surface area (Å²) in [5.74, 6) is -1.43. The average molecular weight is 275 g/mol. The zero-order chi connectivity index (χ0) is 15.1. The molecule has 0 spiro atoms. The predicted molar refractivity (Wildman–Crippen MR) is 74.1 cm³/mol. The summed E-state index contributed by atoms with van der Waals surface area (Å²) in [4.78, 5) is 22.6. The quantitative estimate of drug-likeness (QED) is 0.724. The Morgan fingerprint density at radius 2 is 1.90 bits per heavy atom. The van der Waals surface area contributed by atoms with Crippen LogP contribution in [0.3, 0.4) is 0 Å². The molecule has 1 atom stereocenters. The van der Waals surface area contributed by atoms with E-state index in [1.807, 2.05) is 6.07 Å². The van der Waals surface area contributed by atoms with Crippen LogP contribution in [0, 0.1) is 17.2 Å². The van der Waals surface area contributed by atoms with Crippen molar-refractivity contribution in [1.82, 2.24) is 5.32 Å². The molecular weight excluding hydrogens is 258 g/mol. The van der Waals surface area contributed by atoms with Gasteiger partial charge in [-0.15, -0.1) is 0 Å². The van der Waals surface area contributed by atoms with Crippen molar-refractivity contribution in [2.45, 2.75) is 19.9 Å². The van der Waals surface area contributed by atoms with Crippen LogP contribution in [0.1, 0.15) is 19.4 Å². The predicted octanol–water partition coefficient (Wildman–Crippen LogP) is 1.20. The zero-order valence-corrected chi connectivity index (χ0v) is 11.4. The van der Waals surface area contributed by atoms with E-state index in [2.05, 4.69) is 10.6 Å². The highest BCUT2D eigenvalue weighted by Gasteiger charge is 2.21. The Morgan fingerprint density at radius 3 is 2.35 bits per heavy atom. The third kappa shape index (κ3) is 4.71. The van der Waals surface area contributed by atoms with Crippen molar-refractivity contribution in [3.05, 3.63) is 29.8 Å². The van der Waals surface area contributed by atoms with Gasteiger partial charge in [-0.1, -0.05) is 13.8 Å². The molecule has 0 heterocycles. The molecule has 6 heteroatoms. The first-order valence-corrected chi connectivity index (χ1v) is 6.20. The van der Waals surface area contributed by atoms with Gasteiger partial charge in [-0.05, 0) is 30.2 Å². The number of carboxylic acid groups (broad SMARTS) is 1. The maximum Gasteiger partial charge on any atom is 0.320 e. The molecule has 1 unspecified atom stereocenters. The molecule has 0 aliphatic carbocycles. The SMILES string of the molecule is CC(C)C(NCC(=O)Nc1ccc(C#N)cc1)C(=O)O. The summed E-state index contributed by atoms with van der Waals surface area (Å²) in [6, 6.07) is 7.65. The molecule has 1 rings (SSSR count). The Kier molecular flexibility index (Phi) is 5.69. The van der Waals surface area contributed by atoms with Crippen LogP contribution in [0.2, 0.25) is 0 Å². The number of benzene rings is 1. The lowest BCUT2D eigenvalue weighted by atomic mass is 10.1. The molecule has 0 aliphatic rings. The molecule has 0 radical (unpaired) electrons. The molecule has 1 amide bonds. The summed E-state index contributed by atoms with van der Waals surface area (Å²) < 4.78 is 0. The number of rotatable bonds is 6. The van der Waals surface area contributed by atoms with Gasteiger partial charge in [0.15, 0.2) is 0 Å². The Balaban J connectivity index is 2.51. The highest BCUT2D eigenvalue weighted by atomic mass is 16.4. The number of amides is 1. The molecule has 3 N–H and O–H groups in total. The summed E-state index contributed by atoms with van der Waals surface area (Å²) in [6.07, 6.45) is 0. The van der Waals surface area contributed by atoms with Crippen LogP contribution in [0.25, 0.3) is 0 Å². The fourth-order valence-electron chi connectivity index (χ4n) is 1.64. The van der Waals surface area contributed by atoms with Crippen molar-refractivity contribution < 1.29 is 14.7 Å². The van der Waals surface area contributed by atoms with Gasteiger partial charge in [0.05, 0.1) is 18.2 Å². The van der Waals surface area contributed by atoms with Crippen LogP contribution in [0.5, 0.6) is 0 Å². The zero-order valence-electron chi connectivity index (χ0n) is 11.4. The molecule has 0 aromatic heterocycles. The molecule has 106 valence electrons. The first kappa shape index (κ1) is 15.7. The van der Waals surface area contributed by atoms with E-state index in [9.17, 15) is 9.59 Å². The Morgan fingerprint density at radius 1 is 1.30 bits per heavy atom. The van der Waals surface area contributed by atoms with Gasteiger partial charge in [0, 0.05) is 5.69 Å². The largest absolute Gasteiger partial charge is 0.480 e. The van der Waals surface area contributed by atoms with E-state index in [1.165, 1.54) is 0 Å². The Labute approximate surface area is 117 Å². The van der Waals surface area contributed by atoms with E-state index in [-0.39, 0.29) is 18.4 Å². The molecule has 1 aromatic carbocycles. The minimum absolute atomic E-state index is 0.0881. The number of nitrogens with zero attached hydrogens (tertiary/aromatic N) is 1. The molecular formula is C14H17N3O3. The van der Waals surface area contributed by atoms with Gasteiger partial charge in [0.2, 0.25) is 5.91 Å². The van der Waals surface area contributed by atoms with Gasteiger partial charge in [0.1, 0.15) is 6.04 Å². The Bertz CT molecular complexity index is 517. The number of carbonyl (C=O) groups is 2. The minimum Gasteiger partial charge on any atom is -0.480 e. The van der Waals surface area contributed by atoms with Crippen molar-refractivity contribution in [2.24, 2.45) is 5.92 Å². The molecule has 0 bridgehead atoms. The average Bonchev–Trinajstić information content (AvgIpc) is 2.39. The number of anilines is 1. The van der Waals surface area contributed by atoms with Crippen molar-refractivity contribution in [3.8, 4) is 6.07 Å². The maximum absolute atomic E-state index is 11.7. The lowest BCUT2D eigenvalue weighted by molar-refractivity contribution is -0.140. The molecule has 1 aromatic rings. The fourth-order valence-corrected chi connectivity index (χ4v) is 1.64. The monoisotopic (exact) mass is 275 g/mol. The smallest absolute Gasteiger partial charge is 0.320 e. The van der Waals surface area contributed by atoms with Gasteiger partial charge in [-0.2, -0.15) is 5.26 Å². The lowest BCUT2D eigenvalue weighted by Crippen LogP contribution is -2.44. The number of hydrogen-bond donors (Lipinski definition) is 3. The van der Waals surface area contributed by atoms with E-state index in [1.54, 1.807) is 38.1 Å². The molecule has 6 nitrogen and oxygen atoms in total. The summed E-state index contributed by atoms with van der Waals surface area (Å²) in [7, 11) is 0. The van der Waals surface area contributed by atoms with Gasteiger partial charge in [-0.25, -0.2) is 0 Å². The lowest BCUT2D eigenvalue weighted by Gasteiger charge is -2.17. The molecule has 0 fully saturated rings. The molecule has 20 heavy (non-hydrogen) atoms. The maximum atomic E-state index is 11.7. The van der Waals surface area contributed by atoms with E-state index < -0.39 is 12.0 Å². The van der Waals surface area contributed by atoms with E-state index in [0.29, 0.717) is 11.3 Å². The number of hydrogen-bond acceptors (Lipinski definition) is 4. The number of nitrogens with one attached hydrogen (secondary N) is 2. The molecule has 0 aliphatic heterocycles. The standard InChI is InChI=1S/C14H17N3O3/c1-9(2)13(14(19)20)16-8-12(18)17-11-5-3-10(7-15)4-6-11/h3-6,9,13,16H,8H2,1-2H3,(H,17,18)(H,19,20). The first-order valence-electron chi connectivity index (χ1n) is 6.20. The van der Waals surface area contributed by atoms with Gasteiger partial charge in [0.25, 0.3) is 0 Å². The van der Waals surface area contributed by atoms with Crippen LogP contribution in [0.15, 0.2) is 24.3 Å². The fraction of sp³-hybridized carbons (Fsp3) is 0.357. The van der Waals surface area contributed by atoms with Gasteiger partial charge >= 0.3 is 5.97 Å². The van der Waals surface area contributed by atoms with Gasteiger partial charge in [-0.3, -0.25) is 14.9 Å². The first-order chi connectivity index (χ1) is 9.43. The van der Waals surface area contributed by atoms with Crippen LogP contribution in [-0.4, -0.2) is 29.6 Å². The Hall–Kier alpha value is -2.39. The summed E-state index contributed by atoms with van der Waals surface area (Å²) >= 11 is 0. The van der Waals surface area contributed by atoms with E-state index >= 15 is 0 Å².